The van der Waals surface area contributed by atoms with E-state index in [0.717, 1.165) is 23.3 Å². The minimum Gasteiger partial charge on any atom is -0.388 e. The Hall–Kier alpha value is -3.94. The third-order valence-electron chi connectivity index (χ3n) is 6.41. The van der Waals surface area contributed by atoms with Crippen molar-refractivity contribution in [1.29, 1.82) is 0 Å². The maximum Gasteiger partial charge on any atom is 0.299 e. The van der Waals surface area contributed by atoms with Gasteiger partial charge in [-0.05, 0) is 11.6 Å². The van der Waals surface area contributed by atoms with Crippen LogP contribution in [0.2, 0.25) is 0 Å². The fourth-order valence-corrected chi connectivity index (χ4v) is 4.51. The Kier molecular flexibility index (Phi) is 7.58. The summed E-state index contributed by atoms with van der Waals surface area (Å²) in [7, 11) is 0. The molecule has 2 saturated heterocycles. The number of aliphatic hydroxyl groups excluding tert-OH is 1. The predicted octanol–water partition coefficient (Wildman–Crippen LogP) is 3.70. The van der Waals surface area contributed by atoms with Crippen molar-refractivity contribution in [2.45, 2.75) is 43.5 Å². The Labute approximate surface area is 217 Å². The molecule has 0 saturated carbocycles. The molecule has 0 spiro atoms. The average molecular weight is 523 g/mol. The first-order valence-corrected chi connectivity index (χ1v) is 11.9. The summed E-state index contributed by atoms with van der Waals surface area (Å²) in [4.78, 5) is 21.4. The summed E-state index contributed by atoms with van der Waals surface area (Å²) in [6.07, 6.45) is -4.55. The van der Waals surface area contributed by atoms with Gasteiger partial charge in [0.1, 0.15) is 30.0 Å². The highest BCUT2D eigenvalue weighted by atomic mass is 16.7. The summed E-state index contributed by atoms with van der Waals surface area (Å²) in [5.74, 6) is 0. The van der Waals surface area contributed by atoms with Crippen LogP contribution < -0.4 is 5.32 Å². The van der Waals surface area contributed by atoms with Gasteiger partial charge in [0.2, 0.25) is 0 Å². The van der Waals surface area contributed by atoms with Crippen LogP contribution in [-0.2, 0) is 25.6 Å². The summed E-state index contributed by atoms with van der Waals surface area (Å²) in [6.45, 7) is 0.265. The van der Waals surface area contributed by atoms with Gasteiger partial charge in [-0.2, -0.15) is 0 Å². The molecule has 0 amide bonds. The van der Waals surface area contributed by atoms with Gasteiger partial charge in [0, 0.05) is 11.6 Å². The third kappa shape index (κ3) is 5.49. The van der Waals surface area contributed by atoms with Crippen molar-refractivity contribution in [2.75, 3.05) is 11.9 Å². The van der Waals surface area contributed by atoms with Crippen LogP contribution in [0.15, 0.2) is 78.9 Å². The first-order valence-electron chi connectivity index (χ1n) is 11.9. The lowest BCUT2D eigenvalue weighted by Crippen LogP contribution is -2.64. The van der Waals surface area contributed by atoms with E-state index < -0.39 is 58.2 Å². The van der Waals surface area contributed by atoms with Gasteiger partial charge in [-0.1, -0.05) is 60.7 Å². The van der Waals surface area contributed by atoms with Crippen molar-refractivity contribution in [3.8, 4) is 0 Å². The van der Waals surface area contributed by atoms with E-state index in [-0.39, 0.29) is 18.9 Å². The van der Waals surface area contributed by atoms with E-state index in [1.54, 1.807) is 0 Å². The van der Waals surface area contributed by atoms with Crippen molar-refractivity contribution in [1.82, 2.24) is 0 Å². The molecular weight excluding hydrogens is 498 g/mol. The molecule has 0 radical (unpaired) electrons. The fraction of sp³-hybridized carbons (Fsp3) is 0.308. The van der Waals surface area contributed by atoms with E-state index in [9.17, 15) is 25.3 Å². The van der Waals surface area contributed by atoms with Crippen LogP contribution in [0.3, 0.4) is 0 Å². The molecule has 5 rings (SSSR count). The molecule has 6 atom stereocenters. The number of hydrogen-bond donors (Lipinski definition) is 2. The van der Waals surface area contributed by atoms with Crippen molar-refractivity contribution >= 4 is 17.1 Å². The maximum atomic E-state index is 11.7. The smallest absolute Gasteiger partial charge is 0.299 e. The van der Waals surface area contributed by atoms with Gasteiger partial charge in [-0.3, -0.25) is 20.2 Å². The highest BCUT2D eigenvalue weighted by Gasteiger charge is 2.50. The predicted molar refractivity (Wildman–Crippen MR) is 133 cm³/mol. The molecule has 3 aromatic carbocycles. The maximum absolute atomic E-state index is 11.7. The number of nitrogens with zero attached hydrogens (tertiary/aromatic N) is 2. The van der Waals surface area contributed by atoms with E-state index in [2.05, 4.69) is 5.32 Å². The van der Waals surface area contributed by atoms with Crippen molar-refractivity contribution < 1.29 is 33.9 Å². The zero-order chi connectivity index (χ0) is 26.6. The molecule has 0 bridgehead atoms. The highest BCUT2D eigenvalue weighted by molar-refractivity contribution is 5.66. The van der Waals surface area contributed by atoms with Crippen molar-refractivity contribution in [2.24, 2.45) is 0 Å². The van der Waals surface area contributed by atoms with Gasteiger partial charge >= 0.3 is 0 Å². The SMILES string of the molecule is O=[N+]([O-])c1ccc(N[C@H]2[C@H](OCc3ccccc3)O[C@@H]3COC(c4ccccc4)O[C@H]3[C@@H]2O)c([N+](=O)[O-])c1. The van der Waals surface area contributed by atoms with Crippen LogP contribution in [0.4, 0.5) is 17.1 Å². The third-order valence-corrected chi connectivity index (χ3v) is 6.41. The molecule has 3 aromatic rings. The Morgan fingerprint density at radius 1 is 0.947 bits per heavy atom. The second-order valence-electron chi connectivity index (χ2n) is 8.89. The molecule has 0 aliphatic carbocycles. The summed E-state index contributed by atoms with van der Waals surface area (Å²) in [5.41, 5.74) is 0.624. The Bertz CT molecular complexity index is 1280. The lowest BCUT2D eigenvalue weighted by Gasteiger charge is -2.48. The van der Waals surface area contributed by atoms with Crippen LogP contribution in [0.1, 0.15) is 17.4 Å². The van der Waals surface area contributed by atoms with Gasteiger partial charge in [-0.15, -0.1) is 0 Å². The molecule has 38 heavy (non-hydrogen) atoms. The van der Waals surface area contributed by atoms with Crippen LogP contribution in [0.25, 0.3) is 0 Å². The van der Waals surface area contributed by atoms with E-state index >= 15 is 0 Å². The molecule has 2 aliphatic rings. The van der Waals surface area contributed by atoms with Gasteiger partial charge in [-0.25, -0.2) is 0 Å². The highest BCUT2D eigenvalue weighted by Crippen LogP contribution is 2.37. The Morgan fingerprint density at radius 3 is 2.34 bits per heavy atom. The Morgan fingerprint density at radius 2 is 1.66 bits per heavy atom. The molecule has 2 aliphatic heterocycles. The molecule has 1 unspecified atom stereocenters. The number of rotatable bonds is 8. The molecule has 198 valence electrons. The van der Waals surface area contributed by atoms with Crippen molar-refractivity contribution in [3.05, 3.63) is 110 Å². The number of hydrogen-bond acceptors (Lipinski definition) is 10. The molecule has 12 nitrogen and oxygen atoms in total. The number of aliphatic hydroxyl groups is 1. The minimum atomic E-state index is -1.24. The number of anilines is 1. The van der Waals surface area contributed by atoms with Gasteiger partial charge in [0.25, 0.3) is 11.4 Å². The summed E-state index contributed by atoms with van der Waals surface area (Å²) in [6, 6.07) is 20.7. The molecule has 2 fully saturated rings. The van der Waals surface area contributed by atoms with E-state index in [1.807, 2.05) is 60.7 Å². The zero-order valence-electron chi connectivity index (χ0n) is 20.0. The first-order chi connectivity index (χ1) is 18.4. The summed E-state index contributed by atoms with van der Waals surface area (Å²) >= 11 is 0. The molecule has 0 aromatic heterocycles. The molecular formula is C26H25N3O9. The second kappa shape index (κ2) is 11.2. The first kappa shape index (κ1) is 25.7. The lowest BCUT2D eigenvalue weighted by atomic mass is 9.95. The van der Waals surface area contributed by atoms with Gasteiger partial charge in [0.05, 0.1) is 29.1 Å². The van der Waals surface area contributed by atoms with Crippen LogP contribution in [0, 0.1) is 20.2 Å². The van der Waals surface area contributed by atoms with E-state index in [4.69, 9.17) is 18.9 Å². The number of nitro groups is 2. The summed E-state index contributed by atoms with van der Waals surface area (Å²) in [5, 5.41) is 37.3. The number of fused-ring (bicyclic) bond motifs is 1. The normalized spacial score (nSPS) is 26.8. The number of nitrogens with one attached hydrogen (secondary N) is 1. The van der Waals surface area contributed by atoms with Gasteiger partial charge < -0.3 is 29.4 Å². The lowest BCUT2D eigenvalue weighted by molar-refractivity contribution is -0.393. The number of benzene rings is 3. The van der Waals surface area contributed by atoms with Crippen molar-refractivity contribution in [3.63, 3.8) is 0 Å². The standard InChI is InChI=1S/C26H25N3O9/c30-23-22(27-19-12-11-18(28(31)32)13-20(19)29(33)34)26(35-14-16-7-3-1-4-8-16)37-21-15-36-25(38-24(21)23)17-9-5-2-6-10-17/h1-13,21-27,30H,14-15H2/t21-,22-,23-,24-,25?,26-/m1/s1. The molecule has 12 heteroatoms. The van der Waals surface area contributed by atoms with Crippen LogP contribution in [-0.4, -0.2) is 52.2 Å². The number of nitro benzene ring substituents is 2. The monoisotopic (exact) mass is 523 g/mol. The number of ether oxygens (including phenoxy) is 4. The van der Waals surface area contributed by atoms with Gasteiger partial charge in [0.15, 0.2) is 12.6 Å². The number of non-ortho nitro benzene ring substituents is 1. The quantitative estimate of drug-likeness (QED) is 0.330. The second-order valence-corrected chi connectivity index (χ2v) is 8.89. The average Bonchev–Trinajstić information content (AvgIpc) is 2.94. The van der Waals surface area contributed by atoms with Crippen LogP contribution >= 0.6 is 0 Å². The zero-order valence-corrected chi connectivity index (χ0v) is 20.0. The summed E-state index contributed by atoms with van der Waals surface area (Å²) < 4.78 is 24.1. The Balaban J connectivity index is 1.42. The topological polar surface area (TPSA) is 155 Å². The van der Waals surface area contributed by atoms with Crippen LogP contribution in [0.5, 0.6) is 0 Å². The minimum absolute atomic E-state index is 0.0355. The molecule has 2 heterocycles. The molecule has 2 N–H and O–H groups in total. The van der Waals surface area contributed by atoms with E-state index in [0.29, 0.717) is 0 Å². The van der Waals surface area contributed by atoms with E-state index in [1.165, 1.54) is 6.07 Å². The fourth-order valence-electron chi connectivity index (χ4n) is 4.51. The largest absolute Gasteiger partial charge is 0.388 e.